The Hall–Kier alpha value is -2.58. The summed E-state index contributed by atoms with van der Waals surface area (Å²) in [5, 5.41) is 9.37. The maximum absolute atomic E-state index is 12.6. The highest BCUT2D eigenvalue weighted by molar-refractivity contribution is 9.10. The Morgan fingerprint density at radius 2 is 2.09 bits per heavy atom. The number of carbonyl (C=O) groups excluding carboxylic acids is 1. The maximum atomic E-state index is 12.6. The van der Waals surface area contributed by atoms with Crippen molar-refractivity contribution in [2.75, 3.05) is 6.79 Å². The normalized spacial score (nSPS) is 12.8. The number of rotatable bonds is 3. The zero-order valence-corrected chi connectivity index (χ0v) is 13.9. The van der Waals surface area contributed by atoms with Gasteiger partial charge in [-0.2, -0.15) is 5.26 Å². The summed E-state index contributed by atoms with van der Waals surface area (Å²) in [6.45, 7) is 2.01. The van der Waals surface area contributed by atoms with Crippen molar-refractivity contribution in [3.63, 3.8) is 0 Å². The summed E-state index contributed by atoms with van der Waals surface area (Å²) in [4.78, 5) is 12.6. The van der Waals surface area contributed by atoms with Gasteiger partial charge in [-0.3, -0.25) is 4.79 Å². The van der Waals surface area contributed by atoms with Crippen LogP contribution in [0.4, 0.5) is 0 Å². The van der Waals surface area contributed by atoms with Gasteiger partial charge in [0.25, 0.3) is 0 Å². The highest BCUT2D eigenvalue weighted by Gasteiger charge is 2.19. The van der Waals surface area contributed by atoms with Gasteiger partial charge in [-0.15, -0.1) is 0 Å². The quantitative estimate of drug-likeness (QED) is 0.460. The molecular weight excluding hydrogens is 358 g/mol. The van der Waals surface area contributed by atoms with E-state index in [9.17, 15) is 10.1 Å². The molecule has 1 heterocycles. The number of Topliss-reactive ketones (excluding diaryl/α,β-unsaturated/α-hetero) is 1. The largest absolute Gasteiger partial charge is 0.454 e. The number of nitrogens with zero attached hydrogens (tertiary/aromatic N) is 1. The van der Waals surface area contributed by atoms with Crippen molar-refractivity contribution in [2.45, 2.75) is 6.92 Å². The van der Waals surface area contributed by atoms with Gasteiger partial charge in [0, 0.05) is 5.56 Å². The summed E-state index contributed by atoms with van der Waals surface area (Å²) in [7, 11) is 0. The van der Waals surface area contributed by atoms with Gasteiger partial charge < -0.3 is 9.47 Å². The van der Waals surface area contributed by atoms with Crippen LogP contribution in [-0.2, 0) is 0 Å². The number of fused-ring (bicyclic) bond motifs is 1. The van der Waals surface area contributed by atoms with Gasteiger partial charge in [0.1, 0.15) is 11.6 Å². The third kappa shape index (κ3) is 2.99. The van der Waals surface area contributed by atoms with E-state index in [2.05, 4.69) is 15.9 Å². The molecule has 0 radical (unpaired) electrons. The molecule has 1 aliphatic rings. The Kier molecular flexibility index (Phi) is 4.18. The van der Waals surface area contributed by atoms with Gasteiger partial charge in [0.05, 0.1) is 4.47 Å². The molecule has 4 nitrogen and oxygen atoms in total. The molecule has 0 spiro atoms. The van der Waals surface area contributed by atoms with Crippen LogP contribution in [0.5, 0.6) is 11.5 Å². The third-order valence-corrected chi connectivity index (χ3v) is 4.10. The molecule has 0 fully saturated rings. The third-order valence-electron chi connectivity index (χ3n) is 3.52. The Balaban J connectivity index is 2.00. The monoisotopic (exact) mass is 369 g/mol. The molecule has 0 amide bonds. The second kappa shape index (κ2) is 6.27. The van der Waals surface area contributed by atoms with Gasteiger partial charge in [-0.05, 0) is 52.2 Å². The number of benzene rings is 2. The molecule has 0 saturated carbocycles. The van der Waals surface area contributed by atoms with Gasteiger partial charge in [-0.25, -0.2) is 0 Å². The molecule has 0 unspecified atom stereocenters. The first-order valence-electron chi connectivity index (χ1n) is 6.91. The topological polar surface area (TPSA) is 59.3 Å². The van der Waals surface area contributed by atoms with E-state index in [-0.39, 0.29) is 18.1 Å². The number of ether oxygens (including phenoxy) is 2. The van der Waals surface area contributed by atoms with Crippen molar-refractivity contribution in [3.8, 4) is 17.6 Å². The molecule has 2 aromatic rings. The average molecular weight is 370 g/mol. The lowest BCUT2D eigenvalue weighted by Gasteiger charge is -2.05. The molecule has 0 atom stereocenters. The van der Waals surface area contributed by atoms with Gasteiger partial charge >= 0.3 is 0 Å². The van der Waals surface area contributed by atoms with E-state index < -0.39 is 0 Å². The first-order chi connectivity index (χ1) is 11.1. The average Bonchev–Trinajstić information content (AvgIpc) is 3.01. The lowest BCUT2D eigenvalue weighted by Crippen LogP contribution is -2.04. The van der Waals surface area contributed by atoms with Gasteiger partial charge in [-0.1, -0.05) is 24.3 Å². The smallest absolute Gasteiger partial charge is 0.231 e. The lowest BCUT2D eigenvalue weighted by atomic mass is 9.98. The van der Waals surface area contributed by atoms with Crippen molar-refractivity contribution in [1.82, 2.24) is 0 Å². The second-order valence-electron chi connectivity index (χ2n) is 5.05. The number of ketones is 1. The number of carbonyl (C=O) groups is 1. The summed E-state index contributed by atoms with van der Waals surface area (Å²) < 4.78 is 11.4. The van der Waals surface area contributed by atoms with Crippen LogP contribution < -0.4 is 9.47 Å². The zero-order chi connectivity index (χ0) is 16.4. The molecule has 5 heteroatoms. The number of hydrogen-bond acceptors (Lipinski definition) is 4. The number of allylic oxidation sites excluding steroid dienone is 1. The first kappa shape index (κ1) is 15.3. The fraction of sp³-hybridized carbons (Fsp3) is 0.111. The van der Waals surface area contributed by atoms with E-state index in [1.54, 1.807) is 30.3 Å². The molecular formula is C18H12BrNO3. The van der Waals surface area contributed by atoms with E-state index in [0.29, 0.717) is 22.6 Å². The zero-order valence-electron chi connectivity index (χ0n) is 12.3. The predicted molar refractivity (Wildman–Crippen MR) is 89.4 cm³/mol. The highest BCUT2D eigenvalue weighted by atomic mass is 79.9. The van der Waals surface area contributed by atoms with Gasteiger partial charge in [0.15, 0.2) is 11.5 Å². The van der Waals surface area contributed by atoms with Crippen molar-refractivity contribution in [2.24, 2.45) is 0 Å². The van der Waals surface area contributed by atoms with E-state index in [0.717, 1.165) is 10.0 Å². The van der Waals surface area contributed by atoms with E-state index in [1.807, 2.05) is 25.1 Å². The highest BCUT2D eigenvalue weighted by Crippen LogP contribution is 2.40. The summed E-state index contributed by atoms with van der Waals surface area (Å²) in [5.74, 6) is 0.927. The Morgan fingerprint density at radius 3 is 2.83 bits per heavy atom. The van der Waals surface area contributed by atoms with Crippen molar-refractivity contribution < 1.29 is 14.3 Å². The number of hydrogen-bond donors (Lipinski definition) is 0. The maximum Gasteiger partial charge on any atom is 0.231 e. The van der Waals surface area contributed by atoms with Crippen molar-refractivity contribution in [1.29, 1.82) is 5.26 Å². The first-order valence-corrected chi connectivity index (χ1v) is 7.70. The van der Waals surface area contributed by atoms with Crippen molar-refractivity contribution in [3.05, 3.63) is 63.1 Å². The minimum atomic E-state index is -0.292. The summed E-state index contributed by atoms with van der Waals surface area (Å²) >= 11 is 3.40. The number of halogens is 1. The van der Waals surface area contributed by atoms with Crippen LogP contribution in [0.15, 0.2) is 46.4 Å². The Labute approximate surface area is 142 Å². The van der Waals surface area contributed by atoms with Crippen LogP contribution in [-0.4, -0.2) is 12.6 Å². The van der Waals surface area contributed by atoms with Crippen LogP contribution in [0.25, 0.3) is 6.08 Å². The summed E-state index contributed by atoms with van der Waals surface area (Å²) in [5.41, 5.74) is 2.13. The molecule has 0 saturated heterocycles. The Morgan fingerprint density at radius 1 is 1.30 bits per heavy atom. The molecule has 23 heavy (non-hydrogen) atoms. The van der Waals surface area contributed by atoms with Crippen LogP contribution in [0, 0.1) is 18.3 Å². The predicted octanol–water partition coefficient (Wildman–Crippen LogP) is 4.28. The van der Waals surface area contributed by atoms with Crippen LogP contribution >= 0.6 is 15.9 Å². The minimum Gasteiger partial charge on any atom is -0.454 e. The van der Waals surface area contributed by atoms with E-state index >= 15 is 0 Å². The Bertz CT molecular complexity index is 865. The summed E-state index contributed by atoms with van der Waals surface area (Å²) in [6, 6.07) is 12.7. The van der Waals surface area contributed by atoms with Crippen LogP contribution in [0.3, 0.4) is 0 Å². The molecule has 3 rings (SSSR count). The molecule has 0 aromatic heterocycles. The second-order valence-corrected chi connectivity index (χ2v) is 5.90. The molecule has 0 bridgehead atoms. The van der Waals surface area contributed by atoms with E-state index in [4.69, 9.17) is 9.47 Å². The molecule has 1 aliphatic heterocycles. The molecule has 2 aromatic carbocycles. The van der Waals surface area contributed by atoms with Crippen molar-refractivity contribution >= 4 is 27.8 Å². The fourth-order valence-electron chi connectivity index (χ4n) is 2.36. The molecule has 0 N–H and O–H groups in total. The van der Waals surface area contributed by atoms with Gasteiger partial charge in [0.2, 0.25) is 12.6 Å². The SMILES string of the molecule is Cc1ccccc1C(=O)/C(C#N)=C/c1cc(Br)c2c(c1)OCO2. The minimum absolute atomic E-state index is 0.0741. The molecule has 114 valence electrons. The van der Waals surface area contributed by atoms with E-state index in [1.165, 1.54) is 0 Å². The van der Waals surface area contributed by atoms with Crippen LogP contribution in [0.1, 0.15) is 21.5 Å². The van der Waals surface area contributed by atoms with Crippen LogP contribution in [0.2, 0.25) is 0 Å². The molecule has 0 aliphatic carbocycles. The lowest BCUT2D eigenvalue weighted by molar-refractivity contribution is 0.103. The summed E-state index contributed by atoms with van der Waals surface area (Å²) in [6.07, 6.45) is 1.56. The standard InChI is InChI=1S/C18H12BrNO3/c1-11-4-2-3-5-14(11)17(21)13(9-20)6-12-7-15(19)18-16(8-12)22-10-23-18/h2-8H,10H2,1H3/b13-6+. The number of nitriles is 1. The fourth-order valence-corrected chi connectivity index (χ4v) is 2.93. The number of aryl methyl sites for hydroxylation is 1.